The third kappa shape index (κ3) is 9.72. The molecule has 0 saturated carbocycles. The van der Waals surface area contributed by atoms with E-state index in [-0.39, 0.29) is 22.1 Å². The van der Waals surface area contributed by atoms with Gasteiger partial charge in [0.2, 0.25) is 0 Å². The number of rotatable bonds is 17. The van der Waals surface area contributed by atoms with E-state index in [1.54, 1.807) is 56.8 Å². The molecule has 14 nitrogen and oxygen atoms in total. The topological polar surface area (TPSA) is 160 Å². The highest BCUT2D eigenvalue weighted by Gasteiger charge is 2.23. The van der Waals surface area contributed by atoms with Crippen molar-refractivity contribution in [3.8, 4) is 0 Å². The fourth-order valence-corrected chi connectivity index (χ4v) is 8.70. The number of nitrogens with one attached hydrogen (secondary N) is 3. The highest BCUT2D eigenvalue weighted by Crippen LogP contribution is 2.37. The van der Waals surface area contributed by atoms with Gasteiger partial charge in [0.15, 0.2) is 34.9 Å². The molecular weight excluding hydrogens is 803 g/mol. The van der Waals surface area contributed by atoms with Gasteiger partial charge in [-0.3, -0.25) is 10.1 Å². The summed E-state index contributed by atoms with van der Waals surface area (Å²) in [6.45, 7) is 9.13. The van der Waals surface area contributed by atoms with Crippen LogP contribution in [0, 0.1) is 25.5 Å². The summed E-state index contributed by atoms with van der Waals surface area (Å²) in [5.74, 6) is 4.51. The first kappa shape index (κ1) is 42.2. The number of hydrogen-bond donors (Lipinski definition) is 4. The van der Waals surface area contributed by atoms with E-state index in [0.29, 0.717) is 53.8 Å². The molecule has 0 saturated heterocycles. The van der Waals surface area contributed by atoms with Gasteiger partial charge in [-0.05, 0) is 85.7 Å². The van der Waals surface area contributed by atoms with E-state index in [4.69, 9.17) is 31.0 Å². The van der Waals surface area contributed by atoms with Crippen LogP contribution in [0.2, 0.25) is 0 Å². The lowest BCUT2D eigenvalue weighted by Gasteiger charge is -2.22. The van der Waals surface area contributed by atoms with E-state index >= 15 is 0 Å². The molecule has 6 aromatic heterocycles. The number of H-pyrrole nitrogens is 1. The van der Waals surface area contributed by atoms with Crippen LogP contribution in [0.4, 0.5) is 32.1 Å². The first-order valence-electron chi connectivity index (χ1n) is 19.7. The minimum atomic E-state index is -0.302. The molecule has 0 aliphatic carbocycles. The zero-order valence-electron chi connectivity index (χ0n) is 34.0. The molecule has 0 radical (unpaired) electrons. The highest BCUT2D eigenvalue weighted by atomic mass is 32.2. The van der Waals surface area contributed by atoms with Crippen LogP contribution in [0.1, 0.15) is 64.9 Å². The standard InChI is InChI=1S/C40H42F2N14S2.C2H6/c1-25-23-33(49-48-25)44-37-31-7-4-19-54(31)51-39(46-37)35(27-9-13-29(41)14-10-27)57-21-6-18-53(3)56-26(2)24-34(50-56)45-38-32-8-5-20-55(32)52-40(47-38)36(58-22-17-43)28-11-15-30(42)16-12-28;1-2/h4-5,7-16,19-20,23-24,35-36H,6,17-18,21-22,43H2,1-3H3,(H,45,47,50,52)(H2,44,46,48,49,51);1-2H3. The van der Waals surface area contributed by atoms with Crippen LogP contribution in [0.15, 0.2) is 97.3 Å². The van der Waals surface area contributed by atoms with Crippen molar-refractivity contribution in [1.29, 1.82) is 0 Å². The third-order valence-corrected chi connectivity index (χ3v) is 12.0. The van der Waals surface area contributed by atoms with E-state index in [1.807, 2.05) is 88.3 Å². The van der Waals surface area contributed by atoms with Crippen molar-refractivity contribution in [1.82, 2.24) is 49.3 Å². The van der Waals surface area contributed by atoms with E-state index in [1.165, 1.54) is 24.3 Å². The largest absolute Gasteiger partial charge is 0.330 e. The maximum Gasteiger partial charge on any atom is 0.169 e. The Bertz CT molecular complexity index is 2620. The number of fused-ring (bicyclic) bond motifs is 2. The first-order chi connectivity index (χ1) is 29.2. The van der Waals surface area contributed by atoms with Gasteiger partial charge in [0, 0.05) is 56.1 Å². The Morgan fingerprint density at radius 1 is 0.733 bits per heavy atom. The molecule has 6 heterocycles. The zero-order valence-corrected chi connectivity index (χ0v) is 35.7. The van der Waals surface area contributed by atoms with E-state index < -0.39 is 0 Å². The summed E-state index contributed by atoms with van der Waals surface area (Å²) in [5, 5.41) is 30.2. The second-order valence-electron chi connectivity index (χ2n) is 13.7. The molecule has 312 valence electrons. The molecule has 18 heteroatoms. The molecule has 0 fully saturated rings. The summed E-state index contributed by atoms with van der Waals surface area (Å²) in [6.07, 6.45) is 4.58. The van der Waals surface area contributed by atoms with Gasteiger partial charge in [-0.2, -0.15) is 20.1 Å². The normalized spacial score (nSPS) is 12.3. The molecule has 0 spiro atoms. The summed E-state index contributed by atoms with van der Waals surface area (Å²) in [5.41, 5.74) is 11.1. The maximum absolute atomic E-state index is 14.1. The summed E-state index contributed by atoms with van der Waals surface area (Å²) < 4.78 is 31.5. The van der Waals surface area contributed by atoms with Gasteiger partial charge in [0.1, 0.15) is 22.7 Å². The fraction of sp³-hybridized carbons (Fsp3) is 0.286. The smallest absolute Gasteiger partial charge is 0.169 e. The summed E-state index contributed by atoms with van der Waals surface area (Å²) in [4.78, 5) is 11.8. The van der Waals surface area contributed by atoms with Gasteiger partial charge in [-0.15, -0.1) is 28.6 Å². The monoisotopic (exact) mass is 850 g/mol. The van der Waals surface area contributed by atoms with E-state index in [9.17, 15) is 8.78 Å². The Balaban J connectivity index is 0.00000268. The molecule has 8 aromatic rings. The molecule has 5 N–H and O–H groups in total. The van der Waals surface area contributed by atoms with Crippen molar-refractivity contribution in [3.63, 3.8) is 0 Å². The van der Waals surface area contributed by atoms with Crippen LogP contribution < -0.4 is 21.4 Å². The van der Waals surface area contributed by atoms with Crippen LogP contribution in [0.3, 0.4) is 0 Å². The molecule has 0 bridgehead atoms. The van der Waals surface area contributed by atoms with Crippen molar-refractivity contribution in [2.45, 2.75) is 44.6 Å². The van der Waals surface area contributed by atoms with Gasteiger partial charge in [-0.1, -0.05) is 38.1 Å². The van der Waals surface area contributed by atoms with Crippen molar-refractivity contribution in [2.24, 2.45) is 5.73 Å². The molecule has 0 aliphatic rings. The number of thioether (sulfide) groups is 2. The molecule has 2 unspecified atom stereocenters. The zero-order chi connectivity index (χ0) is 42.2. The Labute approximate surface area is 355 Å². The van der Waals surface area contributed by atoms with Gasteiger partial charge in [0.05, 0.1) is 16.2 Å². The minimum Gasteiger partial charge on any atom is -0.330 e. The SMILES string of the molecule is CC.Cc1cc(Nc2nc(C(SCCCN(C)n3nc(Nc4nc(C(SCCN)c5ccc(F)cc5)nn5cccc45)cc3C)c3ccc(F)cc3)nn3cccc23)n[nH]1. The molecular formula is C42H48F2N14S2. The number of aromatic nitrogens is 10. The number of anilines is 4. The number of benzene rings is 2. The van der Waals surface area contributed by atoms with E-state index in [0.717, 1.165) is 45.7 Å². The van der Waals surface area contributed by atoms with Gasteiger partial charge in [-0.25, -0.2) is 27.8 Å². The van der Waals surface area contributed by atoms with Crippen LogP contribution in [-0.2, 0) is 0 Å². The van der Waals surface area contributed by atoms with Gasteiger partial charge in [0.25, 0.3) is 0 Å². The van der Waals surface area contributed by atoms with Crippen LogP contribution in [-0.4, -0.2) is 80.9 Å². The Morgan fingerprint density at radius 3 is 1.78 bits per heavy atom. The van der Waals surface area contributed by atoms with Crippen molar-refractivity contribution in [3.05, 3.63) is 143 Å². The average molecular weight is 851 g/mol. The predicted octanol–water partition coefficient (Wildman–Crippen LogP) is 8.36. The third-order valence-electron chi connectivity index (χ3n) is 9.33. The number of hydrogen-bond acceptors (Lipinski definition) is 12. The lowest BCUT2D eigenvalue weighted by atomic mass is 10.1. The summed E-state index contributed by atoms with van der Waals surface area (Å²) >= 11 is 3.31. The Morgan fingerprint density at radius 2 is 1.27 bits per heavy atom. The highest BCUT2D eigenvalue weighted by molar-refractivity contribution is 7.99. The molecule has 2 atom stereocenters. The predicted molar refractivity (Wildman–Crippen MR) is 238 cm³/mol. The van der Waals surface area contributed by atoms with Crippen LogP contribution in [0.25, 0.3) is 11.0 Å². The molecule has 0 amide bonds. The molecule has 2 aromatic carbocycles. The second kappa shape index (κ2) is 19.4. The average Bonchev–Trinajstić information content (AvgIpc) is 4.08. The fourth-order valence-electron chi connectivity index (χ4n) is 6.60. The summed E-state index contributed by atoms with van der Waals surface area (Å²) in [6, 6.07) is 24.5. The molecule has 60 heavy (non-hydrogen) atoms. The number of nitrogens with two attached hydrogens (primary N) is 1. The Hall–Kier alpha value is -5.98. The quantitative estimate of drug-likeness (QED) is 0.0650. The van der Waals surface area contributed by atoms with Gasteiger partial charge >= 0.3 is 0 Å². The van der Waals surface area contributed by atoms with E-state index in [2.05, 4.69) is 25.8 Å². The first-order valence-corrected chi connectivity index (χ1v) is 21.8. The number of aryl methyl sites for hydroxylation is 2. The molecule has 0 aliphatic heterocycles. The van der Waals surface area contributed by atoms with Gasteiger partial charge < -0.3 is 16.4 Å². The van der Waals surface area contributed by atoms with Crippen LogP contribution >= 0.6 is 23.5 Å². The number of aromatic amines is 1. The van der Waals surface area contributed by atoms with Crippen molar-refractivity contribution in [2.75, 3.05) is 47.3 Å². The van der Waals surface area contributed by atoms with Crippen molar-refractivity contribution < 1.29 is 8.78 Å². The lowest BCUT2D eigenvalue weighted by molar-refractivity contribution is 0.564. The lowest BCUT2D eigenvalue weighted by Crippen LogP contribution is -2.33. The molecule has 8 rings (SSSR count). The maximum atomic E-state index is 14.1. The number of halogens is 2. The minimum absolute atomic E-state index is 0.254. The van der Waals surface area contributed by atoms with Crippen molar-refractivity contribution >= 4 is 57.8 Å². The Kier molecular flexibility index (Phi) is 13.6. The van der Waals surface area contributed by atoms with Crippen LogP contribution in [0.5, 0.6) is 0 Å². The number of nitrogens with zero attached hydrogens (tertiary/aromatic N) is 10. The second-order valence-corrected chi connectivity index (χ2v) is 16.1. The summed E-state index contributed by atoms with van der Waals surface area (Å²) in [7, 11) is 2.00.